The number of rotatable bonds is 10. The number of likely N-dealkylation sites (tertiary alicyclic amines) is 2. The second-order valence-corrected chi connectivity index (χ2v) is 27.9. The van der Waals surface area contributed by atoms with Crippen molar-refractivity contribution in [2.75, 3.05) is 104 Å². The third-order valence-electron chi connectivity index (χ3n) is 21.6. The molecule has 18 nitrogen and oxygen atoms in total. The first-order valence-corrected chi connectivity index (χ1v) is 31.9. The SMILES string of the molecule is CO[C@@H](C)c1ncc(C#CCN2CCOCC2)cc1-c1c2c3cc(cc4c3n1CCC4)N1CCO[C@@H](C[C@H](NC(=O)[C@H](C3CCCC3)N3CC[C@]4(CCN(C(=O)[C@H]5[C@@H](C6CC6)N5C)C4)C3)C(=O)N3N[C@H](C(=O)OCC(C)(C)C2)C2CC3C2)C1. The van der Waals surface area contributed by atoms with E-state index in [-0.39, 0.29) is 84.3 Å². The van der Waals surface area contributed by atoms with Gasteiger partial charge in [0.25, 0.3) is 5.91 Å². The lowest BCUT2D eigenvalue weighted by Crippen LogP contribution is -2.72. The number of aryl methyl sites for hydroxylation is 2. The van der Waals surface area contributed by atoms with Gasteiger partial charge in [0.1, 0.15) is 18.1 Å². The first kappa shape index (κ1) is 55.7. The number of hydrazine groups is 1. The summed E-state index contributed by atoms with van der Waals surface area (Å²) in [6.07, 6.45) is 13.9. The Kier molecular flexibility index (Phi) is 15.0. The van der Waals surface area contributed by atoms with Gasteiger partial charge < -0.3 is 38.6 Å². The number of aromatic nitrogens is 2. The van der Waals surface area contributed by atoms with Gasteiger partial charge >= 0.3 is 5.97 Å². The summed E-state index contributed by atoms with van der Waals surface area (Å²) < 4.78 is 27.3. The Hall–Kier alpha value is -5.13. The van der Waals surface area contributed by atoms with Gasteiger partial charge in [-0.2, -0.15) is 0 Å². The van der Waals surface area contributed by atoms with Gasteiger partial charge in [0, 0.05) is 117 Å². The molecule has 1 aromatic carbocycles. The first-order chi connectivity index (χ1) is 40.2. The second kappa shape index (κ2) is 22.3. The summed E-state index contributed by atoms with van der Waals surface area (Å²) in [5.41, 5.74) is 11.5. The van der Waals surface area contributed by atoms with E-state index in [2.05, 4.69) is 97.7 Å². The average Bonchev–Trinajstić information content (AvgIpc) is 4.12. The standard InChI is InChI=1S/C65H88N10O8/c1-40(80-5)53-50(28-41(35-66-53)10-8-18-70-22-25-81-26-23-70)58-51-34-64(2,3)39-83-63(79)54-45-30-47(31-45)75(68-54)61(77)52(33-48-36-71(24-27-82-48)46-29-44-13-9-19-74(58)55(44)49(51)32-46)67-60(76)57(42-11-6-7-12-42)72-20-16-65(37-72)17-21-73(38-65)62(78)59-56(69(59)4)43-14-15-43/h28-29,32,35,40,42-43,45,47-48,52,54,56-57,59,68H,6-7,9,11-27,30-31,33-34,36-39H2,1-5H3,(H,67,76)/t40-,45?,47?,48-,52-,54-,56+,57-,59+,65-,69?/m0/s1. The topological polar surface area (TPSA) is 166 Å². The number of amides is 3. The molecule has 3 amide bonds. The summed E-state index contributed by atoms with van der Waals surface area (Å²) in [6, 6.07) is 5.31. The third-order valence-corrected chi connectivity index (χ3v) is 21.6. The van der Waals surface area contributed by atoms with Crippen LogP contribution in [0, 0.1) is 40.4 Å². The minimum Gasteiger partial charge on any atom is -0.464 e. The van der Waals surface area contributed by atoms with Gasteiger partial charge in [-0.25, -0.2) is 5.43 Å². The van der Waals surface area contributed by atoms with E-state index in [1.54, 1.807) is 12.1 Å². The number of cyclic esters (lactones) is 1. The fraction of sp³-hybridized carbons (Fsp3) is 0.708. The van der Waals surface area contributed by atoms with Crippen molar-refractivity contribution < 1.29 is 38.1 Å². The molecule has 3 aromatic rings. The van der Waals surface area contributed by atoms with Crippen molar-refractivity contribution in [1.29, 1.82) is 0 Å². The van der Waals surface area contributed by atoms with Crippen molar-refractivity contribution in [2.24, 2.45) is 28.6 Å². The number of pyridine rings is 1. The number of fused-ring (bicyclic) bond motifs is 4. The van der Waals surface area contributed by atoms with Crippen LogP contribution < -0.4 is 15.6 Å². The average molecular weight is 1140 g/mol. The summed E-state index contributed by atoms with van der Waals surface area (Å²) in [4.78, 5) is 76.2. The van der Waals surface area contributed by atoms with Gasteiger partial charge in [-0.15, -0.1) is 0 Å². The Morgan fingerprint density at radius 2 is 1.75 bits per heavy atom. The van der Waals surface area contributed by atoms with Gasteiger partial charge in [-0.1, -0.05) is 38.5 Å². The van der Waals surface area contributed by atoms with E-state index in [4.69, 9.17) is 23.9 Å². The molecule has 12 aliphatic rings. The Labute approximate surface area is 489 Å². The van der Waals surface area contributed by atoms with E-state index in [0.717, 1.165) is 139 Å². The van der Waals surface area contributed by atoms with Crippen LogP contribution in [-0.2, 0) is 57.5 Å². The van der Waals surface area contributed by atoms with Crippen LogP contribution in [0.4, 0.5) is 5.69 Å². The molecule has 83 heavy (non-hydrogen) atoms. The molecule has 2 N–H and O–H groups in total. The number of carbonyl (C=O) groups excluding carboxylic acids is 4. The highest BCUT2D eigenvalue weighted by molar-refractivity contribution is 5.97. The highest BCUT2D eigenvalue weighted by Crippen LogP contribution is 2.50. The van der Waals surface area contributed by atoms with Crippen molar-refractivity contribution in [2.45, 2.75) is 166 Å². The quantitative estimate of drug-likeness (QED) is 0.152. The Bertz CT molecular complexity index is 3080. The summed E-state index contributed by atoms with van der Waals surface area (Å²) in [7, 11) is 3.84. The molecule has 7 saturated heterocycles. The number of morpholine rings is 2. The van der Waals surface area contributed by atoms with Crippen LogP contribution in [0.5, 0.6) is 0 Å². The zero-order valence-corrected chi connectivity index (χ0v) is 49.8. The molecular formula is C65H88N10O8. The van der Waals surface area contributed by atoms with Crippen LogP contribution in [0.15, 0.2) is 24.4 Å². The minimum atomic E-state index is -0.898. The van der Waals surface area contributed by atoms with Crippen LogP contribution in [0.3, 0.4) is 0 Å². The van der Waals surface area contributed by atoms with E-state index >= 15 is 9.59 Å². The lowest BCUT2D eigenvalue weighted by Gasteiger charge is -2.53. The summed E-state index contributed by atoms with van der Waals surface area (Å²) >= 11 is 0. The smallest absolute Gasteiger partial charge is 0.325 e. The van der Waals surface area contributed by atoms with Crippen molar-refractivity contribution in [3.8, 4) is 23.1 Å². The lowest BCUT2D eigenvalue weighted by molar-refractivity contribution is -0.171. The number of likely N-dealkylation sites (N-methyl/N-ethyl adjacent to an activating group) is 1. The van der Waals surface area contributed by atoms with E-state index in [9.17, 15) is 9.59 Å². The number of nitrogens with one attached hydrogen (secondary N) is 2. The van der Waals surface area contributed by atoms with Crippen LogP contribution >= 0.6 is 0 Å². The van der Waals surface area contributed by atoms with Crippen LogP contribution in [0.2, 0.25) is 0 Å². The first-order valence-electron chi connectivity index (χ1n) is 31.9. The van der Waals surface area contributed by atoms with Crippen LogP contribution in [0.1, 0.15) is 126 Å². The zero-order chi connectivity index (χ0) is 56.9. The van der Waals surface area contributed by atoms with Crippen molar-refractivity contribution >= 4 is 40.3 Å². The molecule has 3 saturated carbocycles. The predicted octanol–water partition coefficient (Wildman–Crippen LogP) is 5.32. The Balaban J connectivity index is 0.786. The monoisotopic (exact) mass is 1140 g/mol. The molecule has 3 aliphatic carbocycles. The highest BCUT2D eigenvalue weighted by Gasteiger charge is 2.59. The maximum atomic E-state index is 15.5. The molecule has 2 aromatic heterocycles. The predicted molar refractivity (Wildman–Crippen MR) is 314 cm³/mol. The molecule has 0 radical (unpaired) electrons. The van der Waals surface area contributed by atoms with Gasteiger partial charge in [-0.05, 0) is 138 Å². The minimum absolute atomic E-state index is 0.0231. The fourth-order valence-corrected chi connectivity index (χ4v) is 16.7. The number of hydrogen-bond donors (Lipinski definition) is 2. The van der Waals surface area contributed by atoms with Crippen molar-refractivity contribution in [3.05, 3.63) is 46.8 Å². The maximum absolute atomic E-state index is 15.5. The fourth-order valence-electron chi connectivity index (χ4n) is 16.7. The number of ether oxygens (including phenoxy) is 4. The number of anilines is 1. The maximum Gasteiger partial charge on any atom is 0.325 e. The highest BCUT2D eigenvalue weighted by atomic mass is 16.5. The summed E-state index contributed by atoms with van der Waals surface area (Å²) in [5, 5.41) is 6.31. The van der Waals surface area contributed by atoms with Gasteiger partial charge in [0.2, 0.25) is 11.8 Å². The molecule has 446 valence electrons. The second-order valence-electron chi connectivity index (χ2n) is 27.9. The van der Waals surface area contributed by atoms with Crippen LogP contribution in [-0.4, -0.2) is 200 Å². The molecule has 8 bridgehead atoms. The molecule has 1 unspecified atom stereocenters. The zero-order valence-electron chi connectivity index (χ0n) is 49.8. The van der Waals surface area contributed by atoms with Crippen molar-refractivity contribution in [3.63, 3.8) is 0 Å². The number of methoxy groups -OCH3 is 1. The molecule has 1 spiro atoms. The van der Waals surface area contributed by atoms with E-state index in [1.165, 1.54) is 34.9 Å². The molecular weight excluding hydrogens is 1050 g/mol. The molecule has 10 fully saturated rings. The Morgan fingerprint density at radius 3 is 2.54 bits per heavy atom. The van der Waals surface area contributed by atoms with Gasteiger partial charge in [0.15, 0.2) is 0 Å². The van der Waals surface area contributed by atoms with E-state index in [0.29, 0.717) is 57.5 Å². The molecule has 18 heteroatoms. The molecule has 9 aliphatic heterocycles. The van der Waals surface area contributed by atoms with Gasteiger partial charge in [0.05, 0.1) is 68.1 Å². The number of hydrogen-bond acceptors (Lipinski definition) is 14. The van der Waals surface area contributed by atoms with E-state index in [1.807, 2.05) is 6.20 Å². The number of carbonyl (C=O) groups is 4. The number of benzene rings is 1. The Morgan fingerprint density at radius 1 is 0.940 bits per heavy atom. The van der Waals surface area contributed by atoms with Gasteiger partial charge in [-0.3, -0.25) is 43.9 Å². The summed E-state index contributed by atoms with van der Waals surface area (Å²) in [5.74, 6) is 7.41. The molecule has 9 atom stereocenters. The summed E-state index contributed by atoms with van der Waals surface area (Å²) in [6.45, 7) is 16.1. The van der Waals surface area contributed by atoms with Crippen molar-refractivity contribution in [1.82, 2.24) is 44.9 Å². The molecule has 15 rings (SSSR count). The third kappa shape index (κ3) is 10.7. The lowest BCUT2D eigenvalue weighted by atomic mass is 9.73. The largest absolute Gasteiger partial charge is 0.464 e. The van der Waals surface area contributed by atoms with Crippen LogP contribution in [0.25, 0.3) is 22.2 Å². The number of nitrogens with zero attached hydrogens (tertiary/aromatic N) is 8. The molecule has 11 heterocycles. The number of esters is 1. The normalized spacial score (nSPS) is 32.7. The van der Waals surface area contributed by atoms with E-state index < -0.39 is 17.5 Å².